The molecule has 2 aromatic carbocycles. The van der Waals surface area contributed by atoms with E-state index in [1.807, 2.05) is 18.2 Å². The summed E-state index contributed by atoms with van der Waals surface area (Å²) < 4.78 is 5.63. The molecule has 0 amide bonds. The molecule has 0 heterocycles. The van der Waals surface area contributed by atoms with E-state index in [0.29, 0.717) is 12.2 Å². The van der Waals surface area contributed by atoms with Crippen LogP contribution in [0.4, 0.5) is 0 Å². The van der Waals surface area contributed by atoms with E-state index in [2.05, 4.69) is 6.92 Å². The molecule has 0 radical (unpaired) electrons. The molecule has 0 aliphatic heterocycles. The van der Waals surface area contributed by atoms with Crippen molar-refractivity contribution in [2.45, 2.75) is 38.2 Å². The quantitative estimate of drug-likeness (QED) is 0.446. The van der Waals surface area contributed by atoms with E-state index in [9.17, 15) is 9.90 Å². The van der Waals surface area contributed by atoms with Crippen molar-refractivity contribution in [3.05, 3.63) is 65.7 Å². The first-order valence-electron chi connectivity index (χ1n) is 8.79. The summed E-state index contributed by atoms with van der Waals surface area (Å²) in [5.41, 5.74) is 1.53. The Labute approximate surface area is 153 Å². The largest absolute Gasteiger partial charge is 0.494 e. The fourth-order valence-corrected chi connectivity index (χ4v) is 2.78. The molecule has 0 fully saturated rings. The molecule has 0 aliphatic carbocycles. The zero-order valence-corrected chi connectivity index (χ0v) is 14.9. The highest BCUT2D eigenvalue weighted by atomic mass is 16.5. The third-order valence-electron chi connectivity index (χ3n) is 4.17. The van der Waals surface area contributed by atoms with E-state index in [1.54, 1.807) is 36.4 Å². The summed E-state index contributed by atoms with van der Waals surface area (Å²) in [4.78, 5) is 11.0. The number of ether oxygens (including phenoxy) is 1. The molecule has 0 bridgehead atoms. The predicted molar refractivity (Wildman–Crippen MR) is 101 cm³/mol. The number of carboxylic acid groups (broad SMARTS) is 1. The maximum atomic E-state index is 11.0. The summed E-state index contributed by atoms with van der Waals surface area (Å²) in [5.74, 6) is -1.07. The van der Waals surface area contributed by atoms with Crippen LogP contribution in [0, 0.1) is 5.41 Å². The van der Waals surface area contributed by atoms with Gasteiger partial charge >= 0.3 is 5.97 Å². The summed E-state index contributed by atoms with van der Waals surface area (Å²) in [5, 5.41) is 28.0. The minimum absolute atomic E-state index is 0.185. The van der Waals surface area contributed by atoms with Crippen LogP contribution < -0.4 is 4.74 Å². The van der Waals surface area contributed by atoms with Gasteiger partial charge in [-0.3, -0.25) is 4.79 Å². The van der Waals surface area contributed by atoms with E-state index < -0.39 is 24.4 Å². The second-order valence-electron chi connectivity index (χ2n) is 6.19. The smallest absolute Gasteiger partial charge is 0.306 e. The van der Waals surface area contributed by atoms with Gasteiger partial charge in [-0.05, 0) is 41.8 Å². The molecule has 0 spiro atoms. The van der Waals surface area contributed by atoms with Gasteiger partial charge in [0.25, 0.3) is 0 Å². The van der Waals surface area contributed by atoms with Gasteiger partial charge in [-0.15, -0.1) is 0 Å². The predicted octanol–water partition coefficient (Wildman–Crippen LogP) is 3.85. The molecule has 2 atom stereocenters. The van der Waals surface area contributed by atoms with Gasteiger partial charge in [-0.25, -0.2) is 0 Å². The number of hydrogen-bond donors (Lipinski definition) is 3. The van der Waals surface area contributed by atoms with Gasteiger partial charge in [0.05, 0.1) is 25.0 Å². The summed E-state index contributed by atoms with van der Waals surface area (Å²) in [6, 6.07) is 16.2. The topological polar surface area (TPSA) is 90.6 Å². The lowest BCUT2D eigenvalue weighted by atomic mass is 9.84. The van der Waals surface area contributed by atoms with Crippen molar-refractivity contribution in [2.24, 2.45) is 0 Å². The normalized spacial score (nSPS) is 13.0. The molecular formula is C21H25NO4. The highest BCUT2D eigenvalue weighted by Crippen LogP contribution is 2.27. The lowest BCUT2D eigenvalue weighted by Gasteiger charge is -2.23. The van der Waals surface area contributed by atoms with Crippen molar-refractivity contribution < 1.29 is 19.7 Å². The van der Waals surface area contributed by atoms with Crippen molar-refractivity contribution in [1.82, 2.24) is 0 Å². The minimum Gasteiger partial charge on any atom is -0.494 e. The first-order valence-corrected chi connectivity index (χ1v) is 8.79. The van der Waals surface area contributed by atoms with Crippen LogP contribution in [0.25, 0.3) is 0 Å². The van der Waals surface area contributed by atoms with Gasteiger partial charge < -0.3 is 20.4 Å². The van der Waals surface area contributed by atoms with Crippen molar-refractivity contribution in [2.75, 3.05) is 6.61 Å². The Kier molecular flexibility index (Phi) is 7.36. The van der Waals surface area contributed by atoms with Gasteiger partial charge in [-0.1, -0.05) is 43.7 Å². The number of nitrogens with one attached hydrogen (secondary N) is 1. The Morgan fingerprint density at radius 1 is 1.12 bits per heavy atom. The minimum atomic E-state index is -1.18. The van der Waals surface area contributed by atoms with Gasteiger partial charge in [0.15, 0.2) is 0 Å². The fourth-order valence-electron chi connectivity index (χ4n) is 2.78. The summed E-state index contributed by atoms with van der Waals surface area (Å²) in [6.45, 7) is 2.75. The Bertz CT molecular complexity index is 713. The van der Waals surface area contributed by atoms with Crippen LogP contribution in [0.2, 0.25) is 0 Å². The first-order chi connectivity index (χ1) is 12.5. The number of aliphatic hydroxyl groups excluding tert-OH is 1. The third-order valence-corrected chi connectivity index (χ3v) is 4.17. The van der Waals surface area contributed by atoms with Crippen molar-refractivity contribution in [3.8, 4) is 5.75 Å². The van der Waals surface area contributed by atoms with Crippen molar-refractivity contribution in [3.63, 3.8) is 0 Å². The van der Waals surface area contributed by atoms with Gasteiger partial charge in [0.2, 0.25) is 0 Å². The number of benzene rings is 2. The van der Waals surface area contributed by atoms with E-state index in [4.69, 9.17) is 15.3 Å². The Morgan fingerprint density at radius 3 is 2.35 bits per heavy atom. The van der Waals surface area contributed by atoms with Crippen LogP contribution in [-0.4, -0.2) is 34.6 Å². The molecule has 3 N–H and O–H groups in total. The Hall–Kier alpha value is -2.66. The summed E-state index contributed by atoms with van der Waals surface area (Å²) in [7, 11) is 0. The third kappa shape index (κ3) is 5.43. The van der Waals surface area contributed by atoms with Crippen LogP contribution in [-0.2, 0) is 4.79 Å². The number of rotatable bonds is 10. The molecule has 0 aromatic heterocycles. The molecule has 2 unspecified atom stereocenters. The zero-order valence-electron chi connectivity index (χ0n) is 14.9. The van der Waals surface area contributed by atoms with Gasteiger partial charge in [0, 0.05) is 5.71 Å². The highest BCUT2D eigenvalue weighted by Gasteiger charge is 2.28. The van der Waals surface area contributed by atoms with Crippen LogP contribution in [0.3, 0.4) is 0 Å². The Balaban J connectivity index is 2.21. The number of carboxylic acids is 1. The second kappa shape index (κ2) is 9.73. The average Bonchev–Trinajstić information content (AvgIpc) is 2.63. The number of hydrogen-bond acceptors (Lipinski definition) is 4. The lowest BCUT2D eigenvalue weighted by Crippen LogP contribution is -2.28. The Morgan fingerprint density at radius 2 is 1.77 bits per heavy atom. The maximum absolute atomic E-state index is 11.0. The summed E-state index contributed by atoms with van der Waals surface area (Å²) >= 11 is 0. The molecule has 5 nitrogen and oxygen atoms in total. The van der Waals surface area contributed by atoms with Crippen LogP contribution in [0.5, 0.6) is 5.75 Å². The lowest BCUT2D eigenvalue weighted by molar-refractivity contribution is -0.139. The number of aliphatic hydroxyl groups is 1. The molecule has 0 saturated carbocycles. The van der Waals surface area contributed by atoms with Crippen LogP contribution in [0.1, 0.15) is 43.2 Å². The molecular weight excluding hydrogens is 330 g/mol. The molecule has 0 aliphatic rings. The van der Waals surface area contributed by atoms with E-state index in [0.717, 1.165) is 24.2 Å². The van der Waals surface area contributed by atoms with E-state index in [-0.39, 0.29) is 5.71 Å². The number of unbranched alkanes of at least 4 members (excludes halogenated alkanes) is 1. The van der Waals surface area contributed by atoms with Crippen LogP contribution >= 0.6 is 0 Å². The summed E-state index contributed by atoms with van der Waals surface area (Å²) in [6.07, 6.45) is 0.445. The molecule has 2 aromatic rings. The first kappa shape index (κ1) is 19.7. The van der Waals surface area contributed by atoms with Crippen molar-refractivity contribution in [1.29, 1.82) is 5.41 Å². The van der Waals surface area contributed by atoms with Gasteiger partial charge in [-0.2, -0.15) is 0 Å². The number of aliphatic carboxylic acids is 1. The van der Waals surface area contributed by atoms with Gasteiger partial charge in [0.1, 0.15) is 5.75 Å². The highest BCUT2D eigenvalue weighted by molar-refractivity contribution is 6.03. The SMILES string of the molecule is CCCCOc1ccc(C(=N)C(c2ccccc2)C(O)CC(=O)O)cc1. The fraction of sp³-hybridized carbons (Fsp3) is 0.333. The molecule has 5 heteroatoms. The standard InChI is InChI=1S/C21H25NO4/c1-2-3-13-26-17-11-9-16(10-12-17)21(22)20(18(23)14-19(24)25)15-7-5-4-6-8-15/h4-12,18,20,22-23H,2-3,13-14H2,1H3,(H,24,25). The number of carbonyl (C=O) groups is 1. The van der Waals surface area contributed by atoms with Crippen molar-refractivity contribution >= 4 is 11.7 Å². The van der Waals surface area contributed by atoms with E-state index in [1.165, 1.54) is 0 Å². The monoisotopic (exact) mass is 355 g/mol. The molecule has 138 valence electrons. The molecule has 26 heavy (non-hydrogen) atoms. The van der Waals surface area contributed by atoms with Crippen LogP contribution in [0.15, 0.2) is 54.6 Å². The second-order valence-corrected chi connectivity index (χ2v) is 6.19. The average molecular weight is 355 g/mol. The zero-order chi connectivity index (χ0) is 18.9. The maximum Gasteiger partial charge on any atom is 0.306 e. The van der Waals surface area contributed by atoms with E-state index >= 15 is 0 Å². The molecule has 2 rings (SSSR count). The molecule has 0 saturated heterocycles.